The smallest absolute Gasteiger partial charge is 0.0805 e. The van der Waals surface area contributed by atoms with Crippen LogP contribution in [0, 0.1) is 5.92 Å². The summed E-state index contributed by atoms with van der Waals surface area (Å²) in [7, 11) is 0. The Hall–Kier alpha value is -0.410. The van der Waals surface area contributed by atoms with Crippen molar-refractivity contribution in [3.63, 3.8) is 0 Å². The molecule has 0 heterocycles. The molecule has 0 spiro atoms. The van der Waals surface area contributed by atoms with E-state index in [2.05, 4.69) is 41.9 Å². The van der Waals surface area contributed by atoms with Crippen molar-refractivity contribution in [3.8, 4) is 0 Å². The maximum atomic E-state index is 5.73. The first-order valence-electron chi connectivity index (χ1n) is 4.57. The Bertz CT molecular complexity index is 319. The van der Waals surface area contributed by atoms with Gasteiger partial charge in [-0.25, -0.2) is 0 Å². The predicted molar refractivity (Wildman–Crippen MR) is 68.5 cm³/mol. The van der Waals surface area contributed by atoms with Gasteiger partial charge in [0.2, 0.25) is 0 Å². The SMILES string of the molecule is CC(C)C(C(N)=S)c1ccc(Br)cc1. The van der Waals surface area contributed by atoms with E-state index in [1.54, 1.807) is 0 Å². The average Bonchev–Trinajstić information content (AvgIpc) is 2.07. The summed E-state index contributed by atoms with van der Waals surface area (Å²) in [4.78, 5) is 0.572. The van der Waals surface area contributed by atoms with E-state index in [1.807, 2.05) is 12.1 Å². The number of rotatable bonds is 3. The summed E-state index contributed by atoms with van der Waals surface area (Å²) in [6.45, 7) is 4.26. The van der Waals surface area contributed by atoms with Crippen molar-refractivity contribution in [2.24, 2.45) is 11.7 Å². The second kappa shape index (κ2) is 4.89. The third-order valence-corrected chi connectivity index (χ3v) is 2.98. The fourth-order valence-electron chi connectivity index (χ4n) is 1.55. The first-order valence-corrected chi connectivity index (χ1v) is 5.77. The maximum Gasteiger partial charge on any atom is 0.0805 e. The standard InChI is InChI=1S/C11H14BrNS/c1-7(2)10(11(13)14)8-3-5-9(12)6-4-8/h3-7,10H,1-2H3,(H2,13,14). The van der Waals surface area contributed by atoms with Gasteiger partial charge in [0.05, 0.1) is 4.99 Å². The molecule has 0 aliphatic carbocycles. The summed E-state index contributed by atoms with van der Waals surface area (Å²) in [6, 6.07) is 8.16. The van der Waals surface area contributed by atoms with Crippen LogP contribution in [0.1, 0.15) is 25.3 Å². The van der Waals surface area contributed by atoms with Crippen molar-refractivity contribution in [2.75, 3.05) is 0 Å². The molecule has 1 aromatic carbocycles. The van der Waals surface area contributed by atoms with Crippen LogP contribution in [0.25, 0.3) is 0 Å². The fraction of sp³-hybridized carbons (Fsp3) is 0.364. The number of hydrogen-bond donors (Lipinski definition) is 1. The van der Waals surface area contributed by atoms with Crippen LogP contribution in [-0.2, 0) is 0 Å². The number of hydrogen-bond acceptors (Lipinski definition) is 1. The van der Waals surface area contributed by atoms with Gasteiger partial charge in [-0.2, -0.15) is 0 Å². The Morgan fingerprint density at radius 3 is 2.14 bits per heavy atom. The summed E-state index contributed by atoms with van der Waals surface area (Å²) in [5.41, 5.74) is 6.92. The monoisotopic (exact) mass is 271 g/mol. The molecule has 76 valence electrons. The first kappa shape index (κ1) is 11.7. The zero-order valence-corrected chi connectivity index (χ0v) is 10.7. The zero-order valence-electron chi connectivity index (χ0n) is 8.33. The van der Waals surface area contributed by atoms with Gasteiger partial charge in [-0.05, 0) is 23.6 Å². The highest BCUT2D eigenvalue weighted by molar-refractivity contribution is 9.10. The maximum absolute atomic E-state index is 5.73. The van der Waals surface area contributed by atoms with Crippen LogP contribution in [-0.4, -0.2) is 4.99 Å². The molecule has 3 heteroatoms. The second-order valence-electron chi connectivity index (χ2n) is 3.68. The minimum atomic E-state index is 0.179. The van der Waals surface area contributed by atoms with Crippen molar-refractivity contribution in [2.45, 2.75) is 19.8 Å². The molecule has 0 aromatic heterocycles. The molecule has 14 heavy (non-hydrogen) atoms. The minimum absolute atomic E-state index is 0.179. The number of nitrogens with two attached hydrogens (primary N) is 1. The predicted octanol–water partition coefficient (Wildman–Crippen LogP) is 3.47. The molecular weight excluding hydrogens is 258 g/mol. The molecule has 1 aromatic rings. The van der Waals surface area contributed by atoms with Crippen LogP contribution < -0.4 is 5.73 Å². The van der Waals surface area contributed by atoms with Gasteiger partial charge in [0.15, 0.2) is 0 Å². The molecule has 0 radical (unpaired) electrons. The topological polar surface area (TPSA) is 26.0 Å². The third-order valence-electron chi connectivity index (χ3n) is 2.20. The lowest BCUT2D eigenvalue weighted by molar-refractivity contribution is 0.604. The molecule has 0 aliphatic rings. The Kier molecular flexibility index (Phi) is 4.08. The molecule has 1 rings (SSSR count). The normalized spacial score (nSPS) is 12.9. The molecule has 0 bridgehead atoms. The van der Waals surface area contributed by atoms with Crippen LogP contribution in [0.4, 0.5) is 0 Å². The molecule has 2 N–H and O–H groups in total. The molecule has 0 amide bonds. The van der Waals surface area contributed by atoms with E-state index in [0.29, 0.717) is 10.9 Å². The van der Waals surface area contributed by atoms with Crippen LogP contribution in [0.2, 0.25) is 0 Å². The molecule has 0 fully saturated rings. The van der Waals surface area contributed by atoms with Gasteiger partial charge < -0.3 is 5.73 Å². The number of benzene rings is 1. The van der Waals surface area contributed by atoms with Crippen molar-refractivity contribution >= 4 is 33.1 Å². The van der Waals surface area contributed by atoms with Crippen LogP contribution in [0.15, 0.2) is 28.7 Å². The summed E-state index contributed by atoms with van der Waals surface area (Å²) in [5.74, 6) is 0.617. The highest BCUT2D eigenvalue weighted by atomic mass is 79.9. The molecule has 0 aliphatic heterocycles. The molecule has 0 saturated carbocycles. The minimum Gasteiger partial charge on any atom is -0.393 e. The van der Waals surface area contributed by atoms with Crippen LogP contribution >= 0.6 is 28.1 Å². The Balaban J connectivity index is 3.00. The van der Waals surface area contributed by atoms with Gasteiger partial charge in [-0.3, -0.25) is 0 Å². The first-order chi connectivity index (χ1) is 6.52. The highest BCUT2D eigenvalue weighted by Crippen LogP contribution is 2.25. The lowest BCUT2D eigenvalue weighted by atomic mass is 9.88. The summed E-state index contributed by atoms with van der Waals surface area (Å²) < 4.78 is 1.08. The van der Waals surface area contributed by atoms with Gasteiger partial charge in [-0.1, -0.05) is 54.1 Å². The van der Waals surface area contributed by atoms with Crippen molar-refractivity contribution in [3.05, 3.63) is 34.3 Å². The lowest BCUT2D eigenvalue weighted by Crippen LogP contribution is -2.23. The van der Waals surface area contributed by atoms with E-state index in [4.69, 9.17) is 18.0 Å². The van der Waals surface area contributed by atoms with Crippen molar-refractivity contribution < 1.29 is 0 Å². The second-order valence-corrected chi connectivity index (χ2v) is 5.06. The molecular formula is C11H14BrNS. The third kappa shape index (κ3) is 2.79. The number of halogens is 1. The van der Waals surface area contributed by atoms with E-state index in [0.717, 1.165) is 4.47 Å². The van der Waals surface area contributed by atoms with E-state index in [-0.39, 0.29) is 5.92 Å². The summed E-state index contributed by atoms with van der Waals surface area (Å²) >= 11 is 8.48. The average molecular weight is 272 g/mol. The summed E-state index contributed by atoms with van der Waals surface area (Å²) in [5, 5.41) is 0. The van der Waals surface area contributed by atoms with Crippen LogP contribution in [0.3, 0.4) is 0 Å². The van der Waals surface area contributed by atoms with Gasteiger partial charge in [0.1, 0.15) is 0 Å². The van der Waals surface area contributed by atoms with E-state index < -0.39 is 0 Å². The zero-order chi connectivity index (χ0) is 10.7. The molecule has 0 saturated heterocycles. The largest absolute Gasteiger partial charge is 0.393 e. The Labute approximate surface area is 98.8 Å². The molecule has 1 nitrogen and oxygen atoms in total. The van der Waals surface area contributed by atoms with E-state index in [1.165, 1.54) is 5.56 Å². The van der Waals surface area contributed by atoms with Crippen molar-refractivity contribution in [1.29, 1.82) is 0 Å². The van der Waals surface area contributed by atoms with E-state index in [9.17, 15) is 0 Å². The van der Waals surface area contributed by atoms with Gasteiger partial charge >= 0.3 is 0 Å². The molecule has 1 atom stereocenters. The number of thiocarbonyl (C=S) groups is 1. The van der Waals surface area contributed by atoms with Gasteiger partial charge in [0, 0.05) is 10.4 Å². The van der Waals surface area contributed by atoms with Crippen LogP contribution in [0.5, 0.6) is 0 Å². The Morgan fingerprint density at radius 1 is 1.29 bits per heavy atom. The quantitative estimate of drug-likeness (QED) is 0.852. The van der Waals surface area contributed by atoms with Crippen molar-refractivity contribution in [1.82, 2.24) is 0 Å². The van der Waals surface area contributed by atoms with E-state index >= 15 is 0 Å². The van der Waals surface area contributed by atoms with Gasteiger partial charge in [0.25, 0.3) is 0 Å². The Morgan fingerprint density at radius 2 is 1.79 bits per heavy atom. The fourth-order valence-corrected chi connectivity index (χ4v) is 2.22. The molecule has 1 unspecified atom stereocenters. The highest BCUT2D eigenvalue weighted by Gasteiger charge is 2.18. The van der Waals surface area contributed by atoms with Gasteiger partial charge in [-0.15, -0.1) is 0 Å². The lowest BCUT2D eigenvalue weighted by Gasteiger charge is -2.19. The summed E-state index contributed by atoms with van der Waals surface area (Å²) in [6.07, 6.45) is 0.